The second kappa shape index (κ2) is 5.05. The van der Waals surface area contributed by atoms with E-state index in [0.717, 1.165) is 30.3 Å². The molecule has 0 bridgehead atoms. The lowest BCUT2D eigenvalue weighted by atomic mass is 10.1. The topological polar surface area (TPSA) is 55.0 Å². The van der Waals surface area contributed by atoms with Crippen LogP contribution in [-0.4, -0.2) is 23.1 Å². The van der Waals surface area contributed by atoms with Crippen LogP contribution in [0.15, 0.2) is 30.3 Å². The van der Waals surface area contributed by atoms with Gasteiger partial charge in [-0.25, -0.2) is 4.98 Å². The first-order valence-electron chi connectivity index (χ1n) is 6.38. The van der Waals surface area contributed by atoms with Gasteiger partial charge in [0.15, 0.2) is 0 Å². The van der Waals surface area contributed by atoms with Crippen molar-refractivity contribution in [3.05, 3.63) is 35.4 Å². The van der Waals surface area contributed by atoms with Crippen molar-refractivity contribution in [3.8, 4) is 11.3 Å². The summed E-state index contributed by atoms with van der Waals surface area (Å²) in [7, 11) is 0. The molecule has 0 aliphatic carbocycles. The average Bonchev–Trinajstić information content (AvgIpc) is 2.93. The first-order chi connectivity index (χ1) is 9.22. The lowest BCUT2D eigenvalue weighted by Gasteiger charge is -2.16. The van der Waals surface area contributed by atoms with Crippen molar-refractivity contribution < 1.29 is 0 Å². The highest BCUT2D eigenvalue weighted by molar-refractivity contribution is 6.30. The molecule has 0 unspecified atom stereocenters. The number of halogens is 1. The maximum Gasteiger partial charge on any atom is 0.227 e. The Bertz CT molecular complexity index is 576. The normalized spacial score (nSPS) is 14.9. The minimum Gasteiger partial charge on any atom is -0.384 e. The number of nitrogens with two attached hydrogens (primary N) is 1. The van der Waals surface area contributed by atoms with Gasteiger partial charge in [-0.3, -0.25) is 0 Å². The third kappa shape index (κ3) is 2.63. The van der Waals surface area contributed by atoms with Crippen molar-refractivity contribution >= 4 is 23.4 Å². The summed E-state index contributed by atoms with van der Waals surface area (Å²) >= 11 is 5.90. The number of benzene rings is 1. The summed E-state index contributed by atoms with van der Waals surface area (Å²) in [5.74, 6) is 1.23. The van der Waals surface area contributed by atoms with Crippen LogP contribution in [0.2, 0.25) is 5.02 Å². The lowest BCUT2D eigenvalue weighted by Crippen LogP contribution is -2.21. The van der Waals surface area contributed by atoms with Gasteiger partial charge in [0.05, 0.1) is 5.69 Å². The van der Waals surface area contributed by atoms with Gasteiger partial charge in [-0.05, 0) is 25.0 Å². The Kier molecular flexibility index (Phi) is 3.25. The molecular weight excluding hydrogens is 260 g/mol. The molecule has 2 heterocycles. The Morgan fingerprint density at radius 1 is 1.05 bits per heavy atom. The number of hydrogen-bond acceptors (Lipinski definition) is 4. The van der Waals surface area contributed by atoms with Crippen molar-refractivity contribution in [2.75, 3.05) is 23.7 Å². The number of nitrogen functional groups attached to an aromatic ring is 1. The molecule has 0 amide bonds. The molecule has 0 spiro atoms. The number of aromatic nitrogens is 2. The molecule has 19 heavy (non-hydrogen) atoms. The summed E-state index contributed by atoms with van der Waals surface area (Å²) in [5, 5.41) is 0.713. The smallest absolute Gasteiger partial charge is 0.227 e. The van der Waals surface area contributed by atoms with Gasteiger partial charge >= 0.3 is 0 Å². The monoisotopic (exact) mass is 274 g/mol. The van der Waals surface area contributed by atoms with Crippen LogP contribution >= 0.6 is 11.6 Å². The second-order valence-corrected chi connectivity index (χ2v) is 5.12. The maximum atomic E-state index is 5.90. The Morgan fingerprint density at radius 2 is 1.74 bits per heavy atom. The molecule has 1 aliphatic rings. The van der Waals surface area contributed by atoms with Crippen molar-refractivity contribution in [2.45, 2.75) is 12.8 Å². The van der Waals surface area contributed by atoms with Gasteiger partial charge in [0.25, 0.3) is 0 Å². The fourth-order valence-corrected chi connectivity index (χ4v) is 2.41. The van der Waals surface area contributed by atoms with Crippen LogP contribution in [0, 0.1) is 0 Å². The first kappa shape index (κ1) is 12.2. The second-order valence-electron chi connectivity index (χ2n) is 4.68. The highest BCUT2D eigenvalue weighted by Gasteiger charge is 2.16. The third-order valence-electron chi connectivity index (χ3n) is 3.26. The van der Waals surface area contributed by atoms with E-state index < -0.39 is 0 Å². The highest BCUT2D eigenvalue weighted by atomic mass is 35.5. The van der Waals surface area contributed by atoms with Crippen LogP contribution in [0.3, 0.4) is 0 Å². The predicted octanol–water partition coefficient (Wildman–Crippen LogP) is 2.98. The van der Waals surface area contributed by atoms with E-state index in [1.54, 1.807) is 6.07 Å². The van der Waals surface area contributed by atoms with E-state index in [2.05, 4.69) is 14.9 Å². The zero-order chi connectivity index (χ0) is 13.2. The zero-order valence-corrected chi connectivity index (χ0v) is 11.3. The van der Waals surface area contributed by atoms with E-state index in [0.29, 0.717) is 10.8 Å². The summed E-state index contributed by atoms with van der Waals surface area (Å²) in [6.07, 6.45) is 2.38. The van der Waals surface area contributed by atoms with Crippen molar-refractivity contribution in [2.24, 2.45) is 0 Å². The molecule has 1 saturated heterocycles. The molecule has 98 valence electrons. The lowest BCUT2D eigenvalue weighted by molar-refractivity contribution is 0.902. The number of nitrogens with zero attached hydrogens (tertiary/aromatic N) is 3. The Labute approximate surface area is 117 Å². The van der Waals surface area contributed by atoms with Crippen LogP contribution in [-0.2, 0) is 0 Å². The van der Waals surface area contributed by atoms with Crippen molar-refractivity contribution in [1.29, 1.82) is 0 Å². The molecule has 2 N–H and O–H groups in total. The molecule has 2 aromatic rings. The van der Waals surface area contributed by atoms with Crippen LogP contribution in [0.25, 0.3) is 11.3 Å². The molecule has 1 fully saturated rings. The molecule has 1 aliphatic heterocycles. The summed E-state index contributed by atoms with van der Waals surface area (Å²) in [5.41, 5.74) is 7.73. The van der Waals surface area contributed by atoms with Crippen molar-refractivity contribution in [3.63, 3.8) is 0 Å². The molecule has 5 heteroatoms. The number of anilines is 2. The van der Waals surface area contributed by atoms with E-state index in [1.165, 1.54) is 12.8 Å². The molecule has 0 radical (unpaired) electrons. The predicted molar refractivity (Wildman–Crippen MR) is 78.3 cm³/mol. The Balaban J connectivity index is 1.99. The summed E-state index contributed by atoms with van der Waals surface area (Å²) in [6.45, 7) is 2.01. The minimum atomic E-state index is 0.502. The minimum absolute atomic E-state index is 0.502. The van der Waals surface area contributed by atoms with E-state index in [-0.39, 0.29) is 0 Å². The maximum absolute atomic E-state index is 5.90. The van der Waals surface area contributed by atoms with Gasteiger partial charge in [-0.15, -0.1) is 0 Å². The van der Waals surface area contributed by atoms with Gasteiger partial charge in [0.1, 0.15) is 5.82 Å². The van der Waals surface area contributed by atoms with E-state index in [4.69, 9.17) is 17.3 Å². The fraction of sp³-hybridized carbons (Fsp3) is 0.286. The van der Waals surface area contributed by atoms with E-state index in [1.807, 2.05) is 24.3 Å². The quantitative estimate of drug-likeness (QED) is 0.915. The van der Waals surface area contributed by atoms with Gasteiger partial charge in [0.2, 0.25) is 5.95 Å². The first-order valence-corrected chi connectivity index (χ1v) is 6.75. The van der Waals surface area contributed by atoms with E-state index >= 15 is 0 Å². The molecule has 3 rings (SSSR count). The molecule has 4 nitrogen and oxygen atoms in total. The van der Waals surface area contributed by atoms with Gasteiger partial charge < -0.3 is 10.6 Å². The van der Waals surface area contributed by atoms with Crippen LogP contribution in [0.4, 0.5) is 11.8 Å². The van der Waals surface area contributed by atoms with Gasteiger partial charge in [-0.1, -0.05) is 23.7 Å². The molecule has 1 aromatic carbocycles. The van der Waals surface area contributed by atoms with Crippen molar-refractivity contribution in [1.82, 2.24) is 9.97 Å². The summed E-state index contributed by atoms with van der Waals surface area (Å²) in [4.78, 5) is 11.1. The Hall–Kier alpha value is -1.81. The van der Waals surface area contributed by atoms with Crippen LogP contribution < -0.4 is 10.6 Å². The average molecular weight is 275 g/mol. The van der Waals surface area contributed by atoms with Gasteiger partial charge in [-0.2, -0.15) is 4.98 Å². The molecule has 0 saturated carbocycles. The van der Waals surface area contributed by atoms with E-state index in [9.17, 15) is 0 Å². The SMILES string of the molecule is Nc1cc(-c2ccc(Cl)cc2)nc(N2CCCC2)n1. The molecular formula is C14H15ClN4. The van der Waals surface area contributed by atoms with Crippen LogP contribution in [0.5, 0.6) is 0 Å². The number of rotatable bonds is 2. The Morgan fingerprint density at radius 3 is 2.42 bits per heavy atom. The summed E-state index contributed by atoms with van der Waals surface area (Å²) < 4.78 is 0. The largest absolute Gasteiger partial charge is 0.384 e. The third-order valence-corrected chi connectivity index (χ3v) is 3.52. The molecule has 1 aromatic heterocycles. The highest BCUT2D eigenvalue weighted by Crippen LogP contribution is 2.24. The standard InChI is InChI=1S/C14H15ClN4/c15-11-5-3-10(4-6-11)12-9-13(16)18-14(17-12)19-7-1-2-8-19/h3-6,9H,1-2,7-8H2,(H2,16,17,18). The van der Waals surface area contributed by atoms with Gasteiger partial charge in [0, 0.05) is 29.7 Å². The fourth-order valence-electron chi connectivity index (χ4n) is 2.28. The summed E-state index contributed by atoms with van der Waals surface area (Å²) in [6, 6.07) is 9.38. The van der Waals surface area contributed by atoms with Crippen LogP contribution in [0.1, 0.15) is 12.8 Å². The zero-order valence-electron chi connectivity index (χ0n) is 10.5. The number of hydrogen-bond donors (Lipinski definition) is 1. The molecule has 0 atom stereocenters.